The summed E-state index contributed by atoms with van der Waals surface area (Å²) in [5.74, 6) is 1.13. The van der Waals surface area contributed by atoms with Crippen LogP contribution >= 0.6 is 0 Å². The van der Waals surface area contributed by atoms with E-state index >= 15 is 0 Å². The van der Waals surface area contributed by atoms with Crippen LogP contribution in [0.2, 0.25) is 0 Å². The van der Waals surface area contributed by atoms with Crippen molar-refractivity contribution in [1.82, 2.24) is 10.6 Å². The fourth-order valence-corrected chi connectivity index (χ4v) is 2.72. The molecule has 1 amide bonds. The van der Waals surface area contributed by atoms with Crippen molar-refractivity contribution in [2.75, 3.05) is 26.3 Å². The van der Waals surface area contributed by atoms with Crippen molar-refractivity contribution in [2.45, 2.75) is 38.6 Å². The summed E-state index contributed by atoms with van der Waals surface area (Å²) in [6, 6.07) is 0.00765. The Bertz CT molecular complexity index is 252. The highest BCUT2D eigenvalue weighted by molar-refractivity contribution is 5.82. The van der Waals surface area contributed by atoms with E-state index in [0.717, 1.165) is 39.1 Å². The Labute approximate surface area is 103 Å². The Balaban J connectivity index is 1.72. The molecule has 0 spiro atoms. The van der Waals surface area contributed by atoms with Gasteiger partial charge in [-0.15, -0.1) is 0 Å². The van der Waals surface area contributed by atoms with Crippen LogP contribution in [0.25, 0.3) is 0 Å². The van der Waals surface area contributed by atoms with Crippen LogP contribution in [0.3, 0.4) is 0 Å². The lowest BCUT2D eigenvalue weighted by Crippen LogP contribution is -2.51. The van der Waals surface area contributed by atoms with Crippen LogP contribution < -0.4 is 10.6 Å². The molecule has 0 aromatic heterocycles. The van der Waals surface area contributed by atoms with Gasteiger partial charge in [0, 0.05) is 13.2 Å². The van der Waals surface area contributed by atoms with Crippen molar-refractivity contribution in [2.24, 2.45) is 11.8 Å². The Kier molecular flexibility index (Phi) is 4.80. The molecule has 2 aliphatic rings. The number of rotatable bonds is 3. The summed E-state index contributed by atoms with van der Waals surface area (Å²) >= 11 is 0. The highest BCUT2D eigenvalue weighted by Crippen LogP contribution is 2.16. The van der Waals surface area contributed by atoms with Crippen molar-refractivity contribution in [3.05, 3.63) is 0 Å². The number of carbonyl (C=O) groups excluding carboxylic acids is 1. The van der Waals surface area contributed by atoms with Crippen molar-refractivity contribution < 1.29 is 9.53 Å². The van der Waals surface area contributed by atoms with E-state index in [9.17, 15) is 4.79 Å². The Morgan fingerprint density at radius 1 is 1.41 bits per heavy atom. The lowest BCUT2D eigenvalue weighted by atomic mass is 9.92. The molecular weight excluding hydrogens is 216 g/mol. The third-order valence-electron chi connectivity index (χ3n) is 3.87. The fourth-order valence-electron chi connectivity index (χ4n) is 2.72. The van der Waals surface area contributed by atoms with Crippen molar-refractivity contribution in [3.8, 4) is 0 Å². The molecule has 2 heterocycles. The highest BCUT2D eigenvalue weighted by atomic mass is 16.5. The molecule has 2 saturated heterocycles. The van der Waals surface area contributed by atoms with Crippen LogP contribution in [0.4, 0.5) is 0 Å². The van der Waals surface area contributed by atoms with Gasteiger partial charge in [-0.3, -0.25) is 4.79 Å². The summed E-state index contributed by atoms with van der Waals surface area (Å²) in [6.07, 6.45) is 4.63. The van der Waals surface area contributed by atoms with E-state index in [0.29, 0.717) is 11.8 Å². The van der Waals surface area contributed by atoms with Gasteiger partial charge >= 0.3 is 0 Å². The van der Waals surface area contributed by atoms with E-state index in [1.54, 1.807) is 0 Å². The molecule has 2 aliphatic heterocycles. The van der Waals surface area contributed by atoms with E-state index < -0.39 is 0 Å². The molecule has 0 aliphatic carbocycles. The minimum atomic E-state index is 0.00765. The smallest absolute Gasteiger partial charge is 0.237 e. The fraction of sp³-hybridized carbons (Fsp3) is 0.923. The lowest BCUT2D eigenvalue weighted by molar-refractivity contribution is -0.125. The summed E-state index contributed by atoms with van der Waals surface area (Å²) in [7, 11) is 0. The van der Waals surface area contributed by atoms with E-state index in [-0.39, 0.29) is 11.9 Å². The first kappa shape index (κ1) is 12.8. The Morgan fingerprint density at radius 2 is 2.29 bits per heavy atom. The molecule has 0 bridgehead atoms. The van der Waals surface area contributed by atoms with Crippen LogP contribution in [0.5, 0.6) is 0 Å². The number of piperidine rings is 1. The number of ether oxygens (including phenoxy) is 1. The lowest BCUT2D eigenvalue weighted by Gasteiger charge is -2.30. The number of hydrogen-bond acceptors (Lipinski definition) is 3. The maximum Gasteiger partial charge on any atom is 0.237 e. The van der Waals surface area contributed by atoms with E-state index in [1.807, 2.05) is 0 Å². The van der Waals surface area contributed by atoms with E-state index in [2.05, 4.69) is 17.6 Å². The monoisotopic (exact) mass is 240 g/mol. The second-order valence-corrected chi connectivity index (χ2v) is 5.38. The summed E-state index contributed by atoms with van der Waals surface area (Å²) in [5, 5.41) is 6.38. The predicted molar refractivity (Wildman–Crippen MR) is 66.7 cm³/mol. The van der Waals surface area contributed by atoms with E-state index in [4.69, 9.17) is 4.74 Å². The van der Waals surface area contributed by atoms with Gasteiger partial charge in [-0.1, -0.05) is 6.92 Å². The number of nitrogens with one attached hydrogen (secondary N) is 2. The molecule has 17 heavy (non-hydrogen) atoms. The maximum absolute atomic E-state index is 12.0. The quantitative estimate of drug-likeness (QED) is 0.771. The average molecular weight is 240 g/mol. The molecular formula is C13H24N2O2. The van der Waals surface area contributed by atoms with Crippen LogP contribution in [0.1, 0.15) is 32.6 Å². The highest BCUT2D eigenvalue weighted by Gasteiger charge is 2.27. The van der Waals surface area contributed by atoms with Gasteiger partial charge in [-0.25, -0.2) is 0 Å². The molecule has 0 radical (unpaired) electrons. The van der Waals surface area contributed by atoms with Crippen molar-refractivity contribution >= 4 is 5.91 Å². The average Bonchev–Trinajstić information content (AvgIpc) is 2.38. The van der Waals surface area contributed by atoms with Crippen LogP contribution in [0, 0.1) is 11.8 Å². The Morgan fingerprint density at radius 3 is 3.00 bits per heavy atom. The normalized spacial score (nSPS) is 34.3. The van der Waals surface area contributed by atoms with Crippen molar-refractivity contribution in [1.29, 1.82) is 0 Å². The van der Waals surface area contributed by atoms with Crippen LogP contribution in [0.15, 0.2) is 0 Å². The second-order valence-electron chi connectivity index (χ2n) is 5.38. The minimum Gasteiger partial charge on any atom is -0.381 e. The standard InChI is InChI=1S/C13H24N2O2/c1-10-4-2-6-14-12(10)13(16)15-8-11-5-3-7-17-9-11/h10-12,14H,2-9H2,1H3,(H,15,16). The molecule has 0 aromatic carbocycles. The topological polar surface area (TPSA) is 50.4 Å². The summed E-state index contributed by atoms with van der Waals surface area (Å²) in [4.78, 5) is 12.0. The zero-order valence-electron chi connectivity index (χ0n) is 10.7. The van der Waals surface area contributed by atoms with Crippen molar-refractivity contribution in [3.63, 3.8) is 0 Å². The predicted octanol–water partition coefficient (Wildman–Crippen LogP) is 0.917. The molecule has 0 aromatic rings. The van der Waals surface area contributed by atoms with Gasteiger partial charge in [0.25, 0.3) is 0 Å². The number of amides is 1. The van der Waals surface area contributed by atoms with Gasteiger partial charge < -0.3 is 15.4 Å². The molecule has 3 atom stereocenters. The summed E-state index contributed by atoms with van der Waals surface area (Å²) < 4.78 is 5.41. The van der Waals surface area contributed by atoms with Gasteiger partial charge in [0.05, 0.1) is 12.6 Å². The first-order valence-electron chi connectivity index (χ1n) is 6.86. The zero-order valence-corrected chi connectivity index (χ0v) is 10.7. The van der Waals surface area contributed by atoms with Gasteiger partial charge in [-0.05, 0) is 44.1 Å². The van der Waals surface area contributed by atoms with Crippen LogP contribution in [-0.2, 0) is 9.53 Å². The maximum atomic E-state index is 12.0. The molecule has 3 unspecified atom stereocenters. The third kappa shape index (κ3) is 3.68. The first-order chi connectivity index (χ1) is 8.27. The summed E-state index contributed by atoms with van der Waals surface area (Å²) in [5.41, 5.74) is 0. The first-order valence-corrected chi connectivity index (χ1v) is 6.86. The molecule has 4 heteroatoms. The van der Waals surface area contributed by atoms with Gasteiger partial charge in [-0.2, -0.15) is 0 Å². The minimum absolute atomic E-state index is 0.00765. The van der Waals surface area contributed by atoms with Gasteiger partial charge in [0.15, 0.2) is 0 Å². The molecule has 98 valence electrons. The van der Waals surface area contributed by atoms with Gasteiger partial charge in [0.1, 0.15) is 0 Å². The molecule has 2 N–H and O–H groups in total. The molecule has 2 rings (SSSR count). The van der Waals surface area contributed by atoms with E-state index in [1.165, 1.54) is 12.8 Å². The Hall–Kier alpha value is -0.610. The zero-order chi connectivity index (χ0) is 12.1. The number of carbonyl (C=O) groups is 1. The third-order valence-corrected chi connectivity index (χ3v) is 3.87. The second kappa shape index (κ2) is 6.36. The molecule has 2 fully saturated rings. The van der Waals surface area contributed by atoms with Crippen LogP contribution in [-0.4, -0.2) is 38.3 Å². The molecule has 4 nitrogen and oxygen atoms in total. The summed E-state index contributed by atoms with van der Waals surface area (Å²) in [6.45, 7) is 5.57. The largest absolute Gasteiger partial charge is 0.381 e. The molecule has 0 saturated carbocycles. The van der Waals surface area contributed by atoms with Gasteiger partial charge in [0.2, 0.25) is 5.91 Å². The number of hydrogen-bond donors (Lipinski definition) is 2. The SMILES string of the molecule is CC1CCCNC1C(=O)NCC1CCCOC1.